The lowest BCUT2D eigenvalue weighted by molar-refractivity contribution is -0.136. The smallest absolute Gasteiger partial charge is 0.308 e. The number of carboxylic acids is 1. The van der Waals surface area contributed by atoms with Gasteiger partial charge in [0.1, 0.15) is 18.1 Å². The average Bonchev–Trinajstić information content (AvgIpc) is 2.53. The SMILES string of the molecule is COc1c(C(C)=O)ccc(OCc2ccccc2)c1CC(=O)O. The van der Waals surface area contributed by atoms with Crippen LogP contribution in [-0.2, 0) is 17.8 Å². The third kappa shape index (κ3) is 4.10. The van der Waals surface area contributed by atoms with Gasteiger partial charge in [-0.1, -0.05) is 30.3 Å². The predicted molar refractivity (Wildman–Crippen MR) is 85.1 cm³/mol. The second-order valence-electron chi connectivity index (χ2n) is 5.02. The lowest BCUT2D eigenvalue weighted by Gasteiger charge is -2.16. The molecule has 120 valence electrons. The van der Waals surface area contributed by atoms with E-state index in [1.165, 1.54) is 14.0 Å². The molecule has 0 atom stereocenters. The van der Waals surface area contributed by atoms with Gasteiger partial charge in [0.25, 0.3) is 0 Å². The molecule has 0 spiro atoms. The van der Waals surface area contributed by atoms with Crippen molar-refractivity contribution in [2.24, 2.45) is 0 Å². The minimum absolute atomic E-state index is 0.192. The minimum atomic E-state index is -1.02. The number of benzene rings is 2. The first-order valence-electron chi connectivity index (χ1n) is 7.12. The number of hydrogen-bond donors (Lipinski definition) is 1. The quantitative estimate of drug-likeness (QED) is 0.795. The minimum Gasteiger partial charge on any atom is -0.496 e. The van der Waals surface area contributed by atoms with E-state index in [4.69, 9.17) is 14.6 Å². The molecular formula is C18H18O5. The highest BCUT2D eigenvalue weighted by Crippen LogP contribution is 2.33. The largest absolute Gasteiger partial charge is 0.496 e. The van der Waals surface area contributed by atoms with Gasteiger partial charge in [-0.25, -0.2) is 0 Å². The summed E-state index contributed by atoms with van der Waals surface area (Å²) in [4.78, 5) is 22.8. The average molecular weight is 314 g/mol. The maximum Gasteiger partial charge on any atom is 0.308 e. The van der Waals surface area contributed by atoms with Crippen molar-refractivity contribution in [3.63, 3.8) is 0 Å². The van der Waals surface area contributed by atoms with Crippen molar-refractivity contribution in [1.29, 1.82) is 0 Å². The Labute approximate surface area is 134 Å². The second-order valence-corrected chi connectivity index (χ2v) is 5.02. The summed E-state index contributed by atoms with van der Waals surface area (Å²) in [6, 6.07) is 12.7. The van der Waals surface area contributed by atoms with E-state index < -0.39 is 5.97 Å². The molecule has 0 saturated heterocycles. The topological polar surface area (TPSA) is 72.8 Å². The maximum atomic E-state index is 11.7. The molecule has 0 aliphatic heterocycles. The number of carbonyl (C=O) groups is 2. The number of rotatable bonds is 7. The van der Waals surface area contributed by atoms with Crippen LogP contribution in [0.2, 0.25) is 0 Å². The number of hydrogen-bond acceptors (Lipinski definition) is 4. The van der Waals surface area contributed by atoms with E-state index in [9.17, 15) is 9.59 Å². The summed E-state index contributed by atoms with van der Waals surface area (Å²) in [5, 5.41) is 9.13. The van der Waals surface area contributed by atoms with E-state index in [-0.39, 0.29) is 18.0 Å². The first-order chi connectivity index (χ1) is 11.0. The second kappa shape index (κ2) is 7.45. The third-order valence-electron chi connectivity index (χ3n) is 3.37. The Bertz CT molecular complexity index is 707. The molecule has 0 fully saturated rings. The molecule has 0 heterocycles. The lowest BCUT2D eigenvalue weighted by Crippen LogP contribution is -2.09. The standard InChI is InChI=1S/C18H18O5/c1-12(19)14-8-9-16(15(10-17(20)21)18(14)22-2)23-11-13-6-4-3-5-7-13/h3-9H,10-11H2,1-2H3,(H,20,21). The number of Topliss-reactive ketones (excluding diaryl/α,β-unsaturated/α-hetero) is 1. The lowest BCUT2D eigenvalue weighted by atomic mass is 10.0. The van der Waals surface area contributed by atoms with Crippen molar-refractivity contribution in [2.75, 3.05) is 7.11 Å². The summed E-state index contributed by atoms with van der Waals surface area (Å²) in [6.07, 6.45) is -0.283. The van der Waals surface area contributed by atoms with Crippen LogP contribution in [0.3, 0.4) is 0 Å². The molecule has 2 rings (SSSR count). The number of ether oxygens (including phenoxy) is 2. The zero-order chi connectivity index (χ0) is 16.8. The van der Waals surface area contributed by atoms with Crippen LogP contribution in [0.4, 0.5) is 0 Å². The molecule has 2 aromatic rings. The maximum absolute atomic E-state index is 11.7. The van der Waals surface area contributed by atoms with E-state index in [1.807, 2.05) is 30.3 Å². The fourth-order valence-corrected chi connectivity index (χ4v) is 2.31. The van der Waals surface area contributed by atoms with Crippen LogP contribution in [0, 0.1) is 0 Å². The summed E-state index contributed by atoms with van der Waals surface area (Å²) in [5.41, 5.74) is 1.67. The Morgan fingerprint density at radius 1 is 1.09 bits per heavy atom. The van der Waals surface area contributed by atoms with Crippen LogP contribution in [0.5, 0.6) is 11.5 Å². The van der Waals surface area contributed by atoms with E-state index >= 15 is 0 Å². The highest BCUT2D eigenvalue weighted by molar-refractivity contribution is 5.98. The first kappa shape index (κ1) is 16.5. The van der Waals surface area contributed by atoms with E-state index in [0.717, 1.165) is 5.56 Å². The summed E-state index contributed by atoms with van der Waals surface area (Å²) < 4.78 is 11.0. The Hall–Kier alpha value is -2.82. The van der Waals surface area contributed by atoms with Crippen LogP contribution >= 0.6 is 0 Å². The molecule has 0 saturated carbocycles. The highest BCUT2D eigenvalue weighted by atomic mass is 16.5. The number of ketones is 1. The fraction of sp³-hybridized carbons (Fsp3) is 0.222. The molecule has 0 radical (unpaired) electrons. The molecule has 0 aliphatic rings. The van der Waals surface area contributed by atoms with Crippen molar-refractivity contribution < 1.29 is 24.2 Å². The van der Waals surface area contributed by atoms with Gasteiger partial charge >= 0.3 is 5.97 Å². The van der Waals surface area contributed by atoms with Crippen LogP contribution in [0.25, 0.3) is 0 Å². The molecule has 23 heavy (non-hydrogen) atoms. The zero-order valence-corrected chi connectivity index (χ0v) is 13.0. The van der Waals surface area contributed by atoms with Gasteiger partial charge in [0.05, 0.1) is 19.1 Å². The normalized spacial score (nSPS) is 10.2. The summed E-state index contributed by atoms with van der Waals surface area (Å²) >= 11 is 0. The van der Waals surface area contributed by atoms with Gasteiger partial charge in [-0.05, 0) is 24.6 Å². The summed E-state index contributed by atoms with van der Waals surface area (Å²) in [7, 11) is 1.41. The monoisotopic (exact) mass is 314 g/mol. The van der Waals surface area contributed by atoms with E-state index in [2.05, 4.69) is 0 Å². The van der Waals surface area contributed by atoms with Crippen molar-refractivity contribution >= 4 is 11.8 Å². The molecule has 0 aliphatic carbocycles. The molecule has 2 aromatic carbocycles. The van der Waals surface area contributed by atoms with Crippen molar-refractivity contribution in [1.82, 2.24) is 0 Å². The molecule has 0 unspecified atom stereocenters. The van der Waals surface area contributed by atoms with Crippen LogP contribution in [0.1, 0.15) is 28.4 Å². The Morgan fingerprint density at radius 3 is 2.35 bits per heavy atom. The number of methoxy groups -OCH3 is 1. The van der Waals surface area contributed by atoms with Crippen LogP contribution < -0.4 is 9.47 Å². The van der Waals surface area contributed by atoms with Gasteiger partial charge in [0.2, 0.25) is 0 Å². The van der Waals surface area contributed by atoms with Gasteiger partial charge < -0.3 is 14.6 Å². The van der Waals surface area contributed by atoms with Gasteiger partial charge in [-0.2, -0.15) is 0 Å². The molecule has 5 nitrogen and oxygen atoms in total. The van der Waals surface area contributed by atoms with E-state index in [1.54, 1.807) is 12.1 Å². The third-order valence-corrected chi connectivity index (χ3v) is 3.37. The van der Waals surface area contributed by atoms with Crippen molar-refractivity contribution in [3.8, 4) is 11.5 Å². The summed E-state index contributed by atoms with van der Waals surface area (Å²) in [5.74, 6) is -0.555. The van der Waals surface area contributed by atoms with Gasteiger partial charge in [-0.3, -0.25) is 9.59 Å². The number of carbonyl (C=O) groups excluding carboxylic acids is 1. The van der Waals surface area contributed by atoms with Gasteiger partial charge in [-0.15, -0.1) is 0 Å². The number of carboxylic acid groups (broad SMARTS) is 1. The number of aliphatic carboxylic acids is 1. The molecular weight excluding hydrogens is 296 g/mol. The van der Waals surface area contributed by atoms with Crippen LogP contribution in [-0.4, -0.2) is 24.0 Å². The molecule has 5 heteroatoms. The molecule has 0 aromatic heterocycles. The zero-order valence-electron chi connectivity index (χ0n) is 13.0. The van der Waals surface area contributed by atoms with Crippen molar-refractivity contribution in [2.45, 2.75) is 20.0 Å². The first-order valence-corrected chi connectivity index (χ1v) is 7.12. The predicted octanol–water partition coefficient (Wildman–Crippen LogP) is 3.10. The summed E-state index contributed by atoms with van der Waals surface area (Å²) in [6.45, 7) is 1.71. The highest BCUT2D eigenvalue weighted by Gasteiger charge is 2.20. The molecule has 0 amide bonds. The van der Waals surface area contributed by atoms with Crippen LogP contribution in [0.15, 0.2) is 42.5 Å². The van der Waals surface area contributed by atoms with E-state index in [0.29, 0.717) is 23.5 Å². The Morgan fingerprint density at radius 2 is 1.78 bits per heavy atom. The van der Waals surface area contributed by atoms with Gasteiger partial charge in [0.15, 0.2) is 5.78 Å². The van der Waals surface area contributed by atoms with Crippen molar-refractivity contribution in [3.05, 3.63) is 59.2 Å². The fourth-order valence-electron chi connectivity index (χ4n) is 2.31. The molecule has 0 bridgehead atoms. The van der Waals surface area contributed by atoms with Gasteiger partial charge in [0, 0.05) is 5.56 Å². The Balaban J connectivity index is 2.37. The Kier molecular flexibility index (Phi) is 5.36. The molecule has 1 N–H and O–H groups in total.